The van der Waals surface area contributed by atoms with E-state index in [4.69, 9.17) is 9.84 Å². The second-order valence-corrected chi connectivity index (χ2v) is 4.05. The van der Waals surface area contributed by atoms with Crippen LogP contribution in [0.3, 0.4) is 0 Å². The van der Waals surface area contributed by atoms with Crippen LogP contribution in [0.25, 0.3) is 0 Å². The van der Waals surface area contributed by atoms with E-state index >= 15 is 0 Å². The van der Waals surface area contributed by atoms with Crippen molar-refractivity contribution in [2.75, 3.05) is 6.61 Å². The van der Waals surface area contributed by atoms with Crippen LogP contribution in [0.1, 0.15) is 47.5 Å². The third kappa shape index (κ3) is 12.6. The number of carbonyl (C=O) groups is 2. The molecule has 0 radical (unpaired) electrons. The molecule has 0 aliphatic rings. The smallest absolute Gasteiger partial charge is 0.333 e. The number of allylic oxidation sites excluding steroid dienone is 3. The Morgan fingerprint density at radius 1 is 1.05 bits per heavy atom. The summed E-state index contributed by atoms with van der Waals surface area (Å²) in [6.45, 7) is 9.39. The lowest BCUT2D eigenvalue weighted by molar-refractivity contribution is -0.138. The average molecular weight is 282 g/mol. The van der Waals surface area contributed by atoms with E-state index in [0.29, 0.717) is 17.8 Å². The highest BCUT2D eigenvalue weighted by atomic mass is 16.5. The van der Waals surface area contributed by atoms with E-state index in [1.54, 1.807) is 32.9 Å². The Morgan fingerprint density at radius 3 is 1.95 bits per heavy atom. The molecule has 0 bridgehead atoms. The maximum Gasteiger partial charge on any atom is 0.333 e. The van der Waals surface area contributed by atoms with Gasteiger partial charge >= 0.3 is 11.9 Å². The second-order valence-electron chi connectivity index (χ2n) is 4.05. The molecule has 1 N–H and O–H groups in total. The van der Waals surface area contributed by atoms with Gasteiger partial charge in [0.15, 0.2) is 0 Å². The summed E-state index contributed by atoms with van der Waals surface area (Å²) in [7, 11) is 0. The van der Waals surface area contributed by atoms with Crippen LogP contribution in [0.5, 0.6) is 0 Å². The molecule has 114 valence electrons. The number of aliphatic carboxylic acids is 1. The Balaban J connectivity index is 0. The van der Waals surface area contributed by atoms with Crippen LogP contribution in [0, 0.1) is 0 Å². The molecule has 0 atom stereocenters. The van der Waals surface area contributed by atoms with Crippen molar-refractivity contribution in [2.24, 2.45) is 0 Å². The Kier molecular flexibility index (Phi) is 13.9. The third-order valence-electron chi connectivity index (χ3n) is 2.45. The molecule has 0 aromatic rings. The van der Waals surface area contributed by atoms with E-state index in [-0.39, 0.29) is 5.97 Å². The molecule has 0 saturated heterocycles. The summed E-state index contributed by atoms with van der Waals surface area (Å²) >= 11 is 0. The number of ether oxygens (including phenoxy) is 1. The fourth-order valence-corrected chi connectivity index (χ4v) is 0.859. The quantitative estimate of drug-likeness (QED) is 0.347. The predicted octanol–water partition coefficient (Wildman–Crippen LogP) is 3.89. The Bertz CT molecular complexity index is 376. The minimum atomic E-state index is -0.845. The highest BCUT2D eigenvalue weighted by Crippen LogP contribution is 1.97. The van der Waals surface area contributed by atoms with Gasteiger partial charge in [0.2, 0.25) is 0 Å². The summed E-state index contributed by atoms with van der Waals surface area (Å²) in [5.74, 6) is -1.06. The van der Waals surface area contributed by atoms with Crippen LogP contribution < -0.4 is 0 Å². The average Bonchev–Trinajstić information content (AvgIpc) is 2.45. The lowest BCUT2D eigenvalue weighted by Gasteiger charge is -2.01. The van der Waals surface area contributed by atoms with Crippen molar-refractivity contribution < 1.29 is 19.4 Å². The van der Waals surface area contributed by atoms with Gasteiger partial charge in [-0.3, -0.25) is 0 Å². The number of carbonyl (C=O) groups excluding carboxylic acids is 1. The molecule has 0 aromatic carbocycles. The largest absolute Gasteiger partial charge is 0.478 e. The van der Waals surface area contributed by atoms with Crippen molar-refractivity contribution in [2.45, 2.75) is 47.5 Å². The van der Waals surface area contributed by atoms with Gasteiger partial charge in [-0.2, -0.15) is 0 Å². The number of carboxylic acid groups (broad SMARTS) is 1. The van der Waals surface area contributed by atoms with Crippen molar-refractivity contribution in [3.05, 3.63) is 35.5 Å². The monoisotopic (exact) mass is 282 g/mol. The molecule has 0 unspecified atom stereocenters. The van der Waals surface area contributed by atoms with E-state index in [0.717, 1.165) is 12.8 Å². The SMILES string of the molecule is C/C=C(\C)C(=O)O.C/C=C(\C)C(=O)OCC/C=C\CC. The van der Waals surface area contributed by atoms with Crippen molar-refractivity contribution in [1.29, 1.82) is 0 Å². The van der Waals surface area contributed by atoms with Crippen molar-refractivity contribution in [3.8, 4) is 0 Å². The van der Waals surface area contributed by atoms with Gasteiger partial charge in [-0.25, -0.2) is 9.59 Å². The maximum absolute atomic E-state index is 11.1. The molecule has 4 nitrogen and oxygen atoms in total. The minimum absolute atomic E-state index is 0.215. The first-order valence-electron chi connectivity index (χ1n) is 6.71. The van der Waals surface area contributed by atoms with E-state index in [1.165, 1.54) is 0 Å². The summed E-state index contributed by atoms with van der Waals surface area (Å²) in [5.41, 5.74) is 1.06. The highest BCUT2D eigenvalue weighted by molar-refractivity contribution is 5.87. The zero-order chi connectivity index (χ0) is 16.0. The number of hydrogen-bond donors (Lipinski definition) is 1. The van der Waals surface area contributed by atoms with Crippen LogP contribution in [-0.2, 0) is 14.3 Å². The van der Waals surface area contributed by atoms with Crippen molar-refractivity contribution in [3.63, 3.8) is 0 Å². The van der Waals surface area contributed by atoms with E-state index in [1.807, 2.05) is 13.0 Å². The molecule has 0 aliphatic carbocycles. The van der Waals surface area contributed by atoms with Crippen molar-refractivity contribution >= 4 is 11.9 Å². The number of esters is 1. The van der Waals surface area contributed by atoms with Crippen LogP contribution in [0.4, 0.5) is 0 Å². The Labute approximate surface area is 121 Å². The Hall–Kier alpha value is -1.84. The lowest BCUT2D eigenvalue weighted by atomic mass is 10.3. The van der Waals surface area contributed by atoms with Gasteiger partial charge in [-0.15, -0.1) is 0 Å². The molecular formula is C16H26O4. The first-order chi connectivity index (χ1) is 9.40. The minimum Gasteiger partial charge on any atom is -0.478 e. The molecule has 20 heavy (non-hydrogen) atoms. The first kappa shape index (κ1) is 20.5. The fourth-order valence-electron chi connectivity index (χ4n) is 0.859. The zero-order valence-electron chi connectivity index (χ0n) is 13.1. The molecule has 4 heteroatoms. The van der Waals surface area contributed by atoms with Gasteiger partial charge in [-0.1, -0.05) is 31.2 Å². The van der Waals surface area contributed by atoms with Gasteiger partial charge in [0.1, 0.15) is 0 Å². The molecule has 0 rings (SSSR count). The number of rotatable bonds is 6. The zero-order valence-corrected chi connectivity index (χ0v) is 13.1. The number of carboxylic acids is 1. The third-order valence-corrected chi connectivity index (χ3v) is 2.45. The normalized spacial score (nSPS) is 11.8. The van der Waals surface area contributed by atoms with Crippen molar-refractivity contribution in [1.82, 2.24) is 0 Å². The second kappa shape index (κ2) is 13.6. The van der Waals surface area contributed by atoms with Crippen LogP contribution in [0.15, 0.2) is 35.5 Å². The Morgan fingerprint density at radius 2 is 1.60 bits per heavy atom. The summed E-state index contributed by atoms with van der Waals surface area (Å²) in [4.78, 5) is 21.0. The van der Waals surface area contributed by atoms with E-state index in [9.17, 15) is 9.59 Å². The van der Waals surface area contributed by atoms with E-state index < -0.39 is 5.97 Å². The predicted molar refractivity (Wildman–Crippen MR) is 81.5 cm³/mol. The summed E-state index contributed by atoms with van der Waals surface area (Å²) in [6.07, 6.45) is 9.24. The first-order valence-corrected chi connectivity index (χ1v) is 6.71. The van der Waals surface area contributed by atoms with Gasteiger partial charge in [0.05, 0.1) is 6.61 Å². The van der Waals surface area contributed by atoms with Crippen LogP contribution in [-0.4, -0.2) is 23.7 Å². The molecule has 0 heterocycles. The standard InChI is InChI=1S/C11H18O2.C5H8O2/c1-4-6-7-8-9-13-11(12)10(3)5-2;1-3-4(2)5(6)7/h5-7H,4,8-9H2,1-3H3;3H,1-2H3,(H,6,7)/b7-6-,10-5+;4-3+. The summed E-state index contributed by atoms with van der Waals surface area (Å²) in [5, 5.41) is 8.11. The fraction of sp³-hybridized carbons (Fsp3) is 0.500. The number of hydrogen-bond acceptors (Lipinski definition) is 3. The summed E-state index contributed by atoms with van der Waals surface area (Å²) in [6, 6.07) is 0. The molecular weight excluding hydrogens is 256 g/mol. The molecule has 0 saturated carbocycles. The molecule has 0 aliphatic heterocycles. The van der Waals surface area contributed by atoms with Crippen LogP contribution >= 0.6 is 0 Å². The summed E-state index contributed by atoms with van der Waals surface area (Å²) < 4.78 is 4.98. The van der Waals surface area contributed by atoms with E-state index in [2.05, 4.69) is 13.0 Å². The highest BCUT2D eigenvalue weighted by Gasteiger charge is 2.02. The van der Waals surface area contributed by atoms with Gasteiger partial charge in [0, 0.05) is 11.1 Å². The van der Waals surface area contributed by atoms with Gasteiger partial charge in [-0.05, 0) is 40.5 Å². The molecule has 0 amide bonds. The van der Waals surface area contributed by atoms with Crippen LogP contribution in [0.2, 0.25) is 0 Å². The molecule has 0 aromatic heterocycles. The topological polar surface area (TPSA) is 63.6 Å². The lowest BCUT2D eigenvalue weighted by Crippen LogP contribution is -2.06. The van der Waals surface area contributed by atoms with Gasteiger partial charge in [0.25, 0.3) is 0 Å². The van der Waals surface area contributed by atoms with Gasteiger partial charge < -0.3 is 9.84 Å². The molecule has 0 fully saturated rings. The maximum atomic E-state index is 11.1. The molecule has 0 spiro atoms.